The van der Waals surface area contributed by atoms with Gasteiger partial charge in [0, 0.05) is 31.7 Å². The molecule has 1 aromatic heterocycles. The highest BCUT2D eigenvalue weighted by molar-refractivity contribution is 8.26. The fourth-order valence-corrected chi connectivity index (χ4v) is 7.36. The lowest BCUT2D eigenvalue weighted by Crippen LogP contribution is -2.39. The van der Waals surface area contributed by atoms with E-state index in [-0.39, 0.29) is 23.1 Å². The van der Waals surface area contributed by atoms with Gasteiger partial charge in [-0.2, -0.15) is 5.26 Å². The van der Waals surface area contributed by atoms with Crippen molar-refractivity contribution in [1.29, 1.82) is 5.26 Å². The number of thiocarbonyl (C=S) groups is 1. The Balaban J connectivity index is 1.47. The number of benzene rings is 1. The van der Waals surface area contributed by atoms with Crippen LogP contribution < -0.4 is 10.5 Å². The van der Waals surface area contributed by atoms with Crippen molar-refractivity contribution in [3.63, 3.8) is 0 Å². The lowest BCUT2D eigenvalue weighted by Gasteiger charge is -2.36. The molecule has 0 N–H and O–H groups in total. The van der Waals surface area contributed by atoms with Crippen LogP contribution in [0.1, 0.15) is 60.8 Å². The summed E-state index contributed by atoms with van der Waals surface area (Å²) in [4.78, 5) is 31.2. The molecule has 2 aromatic rings. The van der Waals surface area contributed by atoms with Gasteiger partial charge < -0.3 is 4.90 Å². The van der Waals surface area contributed by atoms with Gasteiger partial charge >= 0.3 is 0 Å². The van der Waals surface area contributed by atoms with Gasteiger partial charge in [0.2, 0.25) is 0 Å². The summed E-state index contributed by atoms with van der Waals surface area (Å²) < 4.78 is 2.20. The molecule has 1 aromatic carbocycles. The molecule has 0 radical (unpaired) electrons. The van der Waals surface area contributed by atoms with Crippen LogP contribution in [0.15, 0.2) is 40.0 Å². The summed E-state index contributed by atoms with van der Waals surface area (Å²) in [5.74, 6) is 1.31. The summed E-state index contributed by atoms with van der Waals surface area (Å²) in [6.07, 6.45) is 9.18. The molecular weight excluding hydrogens is 500 g/mol. The van der Waals surface area contributed by atoms with Gasteiger partial charge in [0.15, 0.2) is 0 Å². The van der Waals surface area contributed by atoms with Crippen LogP contribution in [-0.4, -0.2) is 38.8 Å². The van der Waals surface area contributed by atoms with E-state index in [1.54, 1.807) is 16.5 Å². The second kappa shape index (κ2) is 10.8. The molecule has 0 bridgehead atoms. The summed E-state index contributed by atoms with van der Waals surface area (Å²) in [6.45, 7) is 3.45. The molecular formula is C29H32N4O2S2. The first-order valence-corrected chi connectivity index (χ1v) is 14.3. The minimum atomic E-state index is -0.294. The maximum atomic E-state index is 13.4. The van der Waals surface area contributed by atoms with Gasteiger partial charge in [-0.05, 0) is 62.1 Å². The molecule has 3 aliphatic rings. The van der Waals surface area contributed by atoms with Crippen LogP contribution in [0, 0.1) is 24.2 Å². The van der Waals surface area contributed by atoms with Crippen molar-refractivity contribution < 1.29 is 4.79 Å². The number of nitriles is 1. The van der Waals surface area contributed by atoms with E-state index in [2.05, 4.69) is 35.2 Å². The first kappa shape index (κ1) is 25.7. The lowest BCUT2D eigenvalue weighted by molar-refractivity contribution is -0.123. The van der Waals surface area contributed by atoms with E-state index >= 15 is 0 Å². The van der Waals surface area contributed by atoms with Gasteiger partial charge in [0.25, 0.3) is 11.5 Å². The molecule has 1 amide bonds. The average molecular weight is 533 g/mol. The summed E-state index contributed by atoms with van der Waals surface area (Å²) in [5, 5.41) is 9.77. The normalized spacial score (nSPS) is 20.3. The fourth-order valence-electron chi connectivity index (χ4n) is 5.98. The predicted octanol–water partition coefficient (Wildman–Crippen LogP) is 5.17. The zero-order valence-corrected chi connectivity index (χ0v) is 23.0. The molecule has 2 aliphatic heterocycles. The fraction of sp³-hybridized carbons (Fsp3) is 0.448. The van der Waals surface area contributed by atoms with Crippen molar-refractivity contribution in [2.24, 2.45) is 13.0 Å². The Kier molecular flexibility index (Phi) is 7.55. The largest absolute Gasteiger partial charge is 0.357 e. The molecule has 6 nitrogen and oxygen atoms in total. The van der Waals surface area contributed by atoms with Gasteiger partial charge in [0.05, 0.1) is 4.91 Å². The molecule has 5 rings (SSSR count). The van der Waals surface area contributed by atoms with Crippen LogP contribution in [0.25, 0.3) is 6.08 Å². The Morgan fingerprint density at radius 3 is 2.43 bits per heavy atom. The van der Waals surface area contributed by atoms with Gasteiger partial charge in [-0.25, -0.2) is 0 Å². The average Bonchev–Trinajstić information content (AvgIpc) is 3.52. The summed E-state index contributed by atoms with van der Waals surface area (Å²) >= 11 is 6.94. The minimum absolute atomic E-state index is 0.0545. The highest BCUT2D eigenvalue weighted by Gasteiger charge is 2.38. The Bertz CT molecular complexity index is 1340. The lowest BCUT2D eigenvalue weighted by atomic mass is 9.90. The highest BCUT2D eigenvalue weighted by Crippen LogP contribution is 2.40. The van der Waals surface area contributed by atoms with Crippen LogP contribution in [0.2, 0.25) is 0 Å². The quantitative estimate of drug-likeness (QED) is 0.391. The standard InChI is InChI=1S/C29H32N4O2S2/c1-19-23(17-25-28(35)33(29(36)37-25)22-10-6-7-11-22)26(31(2)27(34)24(19)18-30)32-14-12-21(13-15-32)16-20-8-4-3-5-9-20/h3-5,8-9,17,21-22H,6-7,10-16H2,1-2H3/b25-17+. The van der Waals surface area contributed by atoms with Crippen LogP contribution in [0.5, 0.6) is 0 Å². The monoisotopic (exact) mass is 532 g/mol. The molecule has 0 atom stereocenters. The van der Waals surface area contributed by atoms with Crippen molar-refractivity contribution in [2.75, 3.05) is 18.0 Å². The van der Waals surface area contributed by atoms with Crippen molar-refractivity contribution in [3.8, 4) is 6.07 Å². The van der Waals surface area contributed by atoms with Crippen molar-refractivity contribution in [3.05, 3.63) is 67.8 Å². The third-order valence-corrected chi connectivity index (χ3v) is 9.37. The number of carbonyl (C=O) groups excluding carboxylic acids is 1. The van der Waals surface area contributed by atoms with E-state index in [0.717, 1.165) is 69.4 Å². The Hall–Kier alpha value is -2.89. The zero-order chi connectivity index (χ0) is 26.1. The molecule has 3 heterocycles. The van der Waals surface area contributed by atoms with E-state index in [0.29, 0.717) is 20.7 Å². The maximum Gasteiger partial charge on any atom is 0.270 e. The van der Waals surface area contributed by atoms with Gasteiger partial charge in [-0.3, -0.25) is 19.1 Å². The number of piperidine rings is 1. The molecule has 192 valence electrons. The molecule has 0 unspecified atom stereocenters. The number of anilines is 1. The van der Waals surface area contributed by atoms with E-state index in [4.69, 9.17) is 12.2 Å². The molecule has 8 heteroatoms. The number of carbonyl (C=O) groups is 1. The number of rotatable bonds is 5. The van der Waals surface area contributed by atoms with Gasteiger partial charge in [0.1, 0.15) is 21.8 Å². The Morgan fingerprint density at radius 1 is 1.11 bits per heavy atom. The second-order valence-corrected chi connectivity index (χ2v) is 12.0. The van der Waals surface area contributed by atoms with Gasteiger partial charge in [-0.1, -0.05) is 67.2 Å². The van der Waals surface area contributed by atoms with Crippen LogP contribution in [0.4, 0.5) is 5.82 Å². The van der Waals surface area contributed by atoms with E-state index in [1.165, 1.54) is 17.3 Å². The van der Waals surface area contributed by atoms with Crippen LogP contribution >= 0.6 is 24.0 Å². The summed E-state index contributed by atoms with van der Waals surface area (Å²) in [7, 11) is 1.73. The van der Waals surface area contributed by atoms with Crippen molar-refractivity contribution in [1.82, 2.24) is 9.47 Å². The third-order valence-electron chi connectivity index (χ3n) is 8.04. The number of hydrogen-bond acceptors (Lipinski definition) is 6. The second-order valence-electron chi connectivity index (χ2n) is 10.3. The molecule has 1 aliphatic carbocycles. The van der Waals surface area contributed by atoms with Gasteiger partial charge in [-0.15, -0.1) is 0 Å². The first-order valence-electron chi connectivity index (χ1n) is 13.1. The molecule has 2 saturated heterocycles. The molecule has 1 saturated carbocycles. The number of amides is 1. The van der Waals surface area contributed by atoms with Crippen molar-refractivity contribution >= 4 is 46.1 Å². The third kappa shape index (κ3) is 4.99. The highest BCUT2D eigenvalue weighted by atomic mass is 32.2. The summed E-state index contributed by atoms with van der Waals surface area (Å²) in [6, 6.07) is 12.9. The number of pyridine rings is 1. The first-order chi connectivity index (χ1) is 17.9. The maximum absolute atomic E-state index is 13.4. The Morgan fingerprint density at radius 2 is 1.78 bits per heavy atom. The number of nitrogens with zero attached hydrogens (tertiary/aromatic N) is 4. The molecule has 3 fully saturated rings. The summed E-state index contributed by atoms with van der Waals surface area (Å²) in [5.41, 5.74) is 2.58. The number of hydrogen-bond donors (Lipinski definition) is 0. The number of thioether (sulfide) groups is 1. The van der Waals surface area contributed by atoms with Crippen LogP contribution in [0.3, 0.4) is 0 Å². The van der Waals surface area contributed by atoms with Crippen molar-refractivity contribution in [2.45, 2.75) is 57.9 Å². The van der Waals surface area contributed by atoms with E-state index in [9.17, 15) is 14.9 Å². The van der Waals surface area contributed by atoms with Crippen LogP contribution in [-0.2, 0) is 18.3 Å². The SMILES string of the molecule is Cc1c(/C=C2/SC(=S)N(C3CCCC3)C2=O)c(N2CCC(Cc3ccccc3)CC2)n(C)c(=O)c1C#N. The molecule has 37 heavy (non-hydrogen) atoms. The van der Waals surface area contributed by atoms with E-state index < -0.39 is 0 Å². The predicted molar refractivity (Wildman–Crippen MR) is 153 cm³/mol. The molecule has 0 spiro atoms. The topological polar surface area (TPSA) is 69.3 Å². The smallest absolute Gasteiger partial charge is 0.270 e. The Labute approximate surface area is 227 Å². The van der Waals surface area contributed by atoms with E-state index in [1.807, 2.05) is 19.1 Å². The minimum Gasteiger partial charge on any atom is -0.357 e. The number of aromatic nitrogens is 1. The zero-order valence-electron chi connectivity index (χ0n) is 21.4.